The van der Waals surface area contributed by atoms with Gasteiger partial charge in [-0.05, 0) is 44.0 Å². The van der Waals surface area contributed by atoms with Crippen molar-refractivity contribution in [1.82, 2.24) is 9.47 Å². The maximum Gasteiger partial charge on any atom is 0.0480 e. The van der Waals surface area contributed by atoms with Crippen molar-refractivity contribution in [2.45, 2.75) is 31.8 Å². The Balaban J connectivity index is 1.84. The van der Waals surface area contributed by atoms with Crippen LogP contribution in [0.25, 0.3) is 10.9 Å². The van der Waals surface area contributed by atoms with E-state index in [1.807, 2.05) is 0 Å². The summed E-state index contributed by atoms with van der Waals surface area (Å²) < 4.78 is 2.40. The second kappa shape index (κ2) is 4.53. The summed E-state index contributed by atoms with van der Waals surface area (Å²) in [5.74, 6) is 0. The molecule has 3 rings (SSSR count). The Hall–Kier alpha value is -1.28. The molecule has 1 aromatic heterocycles. The number of hydrogen-bond donors (Lipinski definition) is 0. The number of benzene rings is 1. The number of piperidine rings is 1. The third-order valence-electron chi connectivity index (χ3n) is 4.01. The first-order valence-electron chi connectivity index (χ1n) is 6.59. The lowest BCUT2D eigenvalue weighted by Gasteiger charge is -2.32. The van der Waals surface area contributed by atoms with Crippen LogP contribution in [0.4, 0.5) is 0 Å². The average Bonchev–Trinajstić information content (AvgIpc) is 2.76. The van der Waals surface area contributed by atoms with Gasteiger partial charge in [-0.3, -0.25) is 0 Å². The fraction of sp³-hybridized carbons (Fsp3) is 0.467. The van der Waals surface area contributed by atoms with Gasteiger partial charge in [-0.2, -0.15) is 0 Å². The molecule has 0 radical (unpaired) electrons. The van der Waals surface area contributed by atoms with Gasteiger partial charge < -0.3 is 9.47 Å². The monoisotopic (exact) mass is 228 g/mol. The van der Waals surface area contributed by atoms with Crippen LogP contribution in [0.5, 0.6) is 0 Å². The predicted molar refractivity (Wildman–Crippen MR) is 72.2 cm³/mol. The maximum absolute atomic E-state index is 2.51. The van der Waals surface area contributed by atoms with Gasteiger partial charge in [0, 0.05) is 24.3 Å². The van der Waals surface area contributed by atoms with Crippen molar-refractivity contribution in [2.75, 3.05) is 13.6 Å². The Kier molecular flexibility index (Phi) is 2.89. The van der Waals surface area contributed by atoms with Crippen LogP contribution in [0, 0.1) is 0 Å². The Bertz CT molecular complexity index is 500. The van der Waals surface area contributed by atoms with Gasteiger partial charge in [0.2, 0.25) is 0 Å². The maximum atomic E-state index is 2.51. The number of rotatable bonds is 2. The normalized spacial score (nSPS) is 22.1. The lowest BCUT2D eigenvalue weighted by atomic mass is 10.0. The van der Waals surface area contributed by atoms with Crippen molar-refractivity contribution in [3.63, 3.8) is 0 Å². The largest absolute Gasteiger partial charge is 0.346 e. The second-order valence-electron chi connectivity index (χ2n) is 5.16. The van der Waals surface area contributed by atoms with Gasteiger partial charge >= 0.3 is 0 Å². The lowest BCUT2D eigenvalue weighted by Crippen LogP contribution is -2.38. The third kappa shape index (κ3) is 2.09. The molecule has 17 heavy (non-hydrogen) atoms. The molecule has 1 saturated heterocycles. The standard InChI is InChI=1S/C15H20N2/c1-16-10-5-4-7-14(16)12-17-11-9-13-6-2-3-8-15(13)17/h2-3,6,8-9,11,14H,4-5,7,10,12H2,1H3/t14-/m1/s1. The van der Waals surface area contributed by atoms with Gasteiger partial charge in [0.25, 0.3) is 0 Å². The number of nitrogens with zero attached hydrogens (tertiary/aromatic N) is 2. The Labute approximate surface area is 103 Å². The van der Waals surface area contributed by atoms with Gasteiger partial charge in [-0.15, -0.1) is 0 Å². The number of hydrogen-bond acceptors (Lipinski definition) is 1. The molecule has 1 atom stereocenters. The fourth-order valence-corrected chi connectivity index (χ4v) is 2.90. The summed E-state index contributed by atoms with van der Waals surface area (Å²) in [6, 6.07) is 11.6. The molecular weight excluding hydrogens is 208 g/mol. The van der Waals surface area contributed by atoms with Gasteiger partial charge in [0.15, 0.2) is 0 Å². The summed E-state index contributed by atoms with van der Waals surface area (Å²) in [5, 5.41) is 1.35. The first-order valence-corrected chi connectivity index (χ1v) is 6.59. The van der Waals surface area contributed by atoms with Gasteiger partial charge in [0.05, 0.1) is 0 Å². The highest BCUT2D eigenvalue weighted by atomic mass is 15.2. The lowest BCUT2D eigenvalue weighted by molar-refractivity contribution is 0.169. The van der Waals surface area contributed by atoms with Crippen molar-refractivity contribution in [3.05, 3.63) is 36.5 Å². The number of likely N-dealkylation sites (tertiary alicyclic amines) is 1. The van der Waals surface area contributed by atoms with Gasteiger partial charge in [-0.1, -0.05) is 24.6 Å². The quantitative estimate of drug-likeness (QED) is 0.766. The van der Waals surface area contributed by atoms with Crippen molar-refractivity contribution >= 4 is 10.9 Å². The minimum atomic E-state index is 0.708. The fourth-order valence-electron chi connectivity index (χ4n) is 2.90. The van der Waals surface area contributed by atoms with Crippen LogP contribution >= 0.6 is 0 Å². The molecule has 0 bridgehead atoms. The van der Waals surface area contributed by atoms with E-state index in [9.17, 15) is 0 Å². The summed E-state index contributed by atoms with van der Waals surface area (Å²) >= 11 is 0. The average molecular weight is 228 g/mol. The third-order valence-corrected chi connectivity index (χ3v) is 4.01. The van der Waals surface area contributed by atoms with E-state index in [0.29, 0.717) is 6.04 Å². The number of fused-ring (bicyclic) bond motifs is 1. The molecule has 2 aromatic rings. The number of para-hydroxylation sites is 1. The van der Waals surface area contributed by atoms with Crippen molar-refractivity contribution in [2.24, 2.45) is 0 Å². The molecule has 1 fully saturated rings. The highest BCUT2D eigenvalue weighted by molar-refractivity contribution is 5.79. The zero-order valence-corrected chi connectivity index (χ0v) is 10.5. The van der Waals surface area contributed by atoms with E-state index in [-0.39, 0.29) is 0 Å². The first-order chi connectivity index (χ1) is 8.34. The zero-order valence-electron chi connectivity index (χ0n) is 10.5. The second-order valence-corrected chi connectivity index (χ2v) is 5.16. The molecule has 2 nitrogen and oxygen atoms in total. The molecule has 0 amide bonds. The van der Waals surface area contributed by atoms with Crippen LogP contribution in [0.1, 0.15) is 19.3 Å². The zero-order chi connectivity index (χ0) is 11.7. The molecule has 0 aliphatic carbocycles. The minimum Gasteiger partial charge on any atom is -0.346 e. The van der Waals surface area contributed by atoms with E-state index in [2.05, 4.69) is 53.0 Å². The summed E-state index contributed by atoms with van der Waals surface area (Å²) in [5.41, 5.74) is 1.37. The number of likely N-dealkylation sites (N-methyl/N-ethyl adjacent to an activating group) is 1. The van der Waals surface area contributed by atoms with E-state index in [4.69, 9.17) is 0 Å². The van der Waals surface area contributed by atoms with Crippen LogP contribution in [0.15, 0.2) is 36.5 Å². The van der Waals surface area contributed by atoms with Crippen molar-refractivity contribution in [3.8, 4) is 0 Å². The van der Waals surface area contributed by atoms with E-state index in [1.165, 1.54) is 36.7 Å². The smallest absolute Gasteiger partial charge is 0.0480 e. The first kappa shape index (κ1) is 10.8. The van der Waals surface area contributed by atoms with E-state index in [0.717, 1.165) is 6.54 Å². The SMILES string of the molecule is CN1CCCC[C@@H]1Cn1ccc2ccccc21. The Morgan fingerprint density at radius 3 is 2.94 bits per heavy atom. The molecule has 0 spiro atoms. The van der Waals surface area contributed by atoms with Crippen LogP contribution < -0.4 is 0 Å². The summed E-state index contributed by atoms with van der Waals surface area (Å²) in [6.45, 7) is 2.38. The molecular formula is C15H20N2. The topological polar surface area (TPSA) is 8.17 Å². The van der Waals surface area contributed by atoms with Crippen LogP contribution in [0.2, 0.25) is 0 Å². The highest BCUT2D eigenvalue weighted by Crippen LogP contribution is 2.20. The molecule has 2 heterocycles. The van der Waals surface area contributed by atoms with E-state index >= 15 is 0 Å². The Morgan fingerprint density at radius 2 is 2.06 bits per heavy atom. The van der Waals surface area contributed by atoms with Gasteiger partial charge in [-0.25, -0.2) is 0 Å². The van der Waals surface area contributed by atoms with Crippen LogP contribution in [-0.4, -0.2) is 29.1 Å². The molecule has 1 aliphatic rings. The van der Waals surface area contributed by atoms with Crippen LogP contribution in [0.3, 0.4) is 0 Å². The molecule has 90 valence electrons. The Morgan fingerprint density at radius 1 is 1.18 bits per heavy atom. The molecule has 0 saturated carbocycles. The van der Waals surface area contributed by atoms with Gasteiger partial charge in [0.1, 0.15) is 0 Å². The molecule has 1 aliphatic heterocycles. The minimum absolute atomic E-state index is 0.708. The molecule has 0 N–H and O–H groups in total. The van der Waals surface area contributed by atoms with Crippen molar-refractivity contribution < 1.29 is 0 Å². The van der Waals surface area contributed by atoms with Crippen LogP contribution in [-0.2, 0) is 6.54 Å². The van der Waals surface area contributed by atoms with E-state index in [1.54, 1.807) is 0 Å². The van der Waals surface area contributed by atoms with Crippen molar-refractivity contribution in [1.29, 1.82) is 0 Å². The molecule has 2 heteroatoms. The van der Waals surface area contributed by atoms with E-state index < -0.39 is 0 Å². The predicted octanol–water partition coefficient (Wildman–Crippen LogP) is 3.13. The molecule has 1 aromatic carbocycles. The summed E-state index contributed by atoms with van der Waals surface area (Å²) in [7, 11) is 2.26. The summed E-state index contributed by atoms with van der Waals surface area (Å²) in [6.07, 6.45) is 6.31. The highest BCUT2D eigenvalue weighted by Gasteiger charge is 2.19. The number of aromatic nitrogens is 1. The molecule has 0 unspecified atom stereocenters. The summed E-state index contributed by atoms with van der Waals surface area (Å²) in [4.78, 5) is 2.51.